The molecule has 2 aliphatic rings. The van der Waals surface area contributed by atoms with Crippen molar-refractivity contribution in [2.75, 3.05) is 0 Å². The highest BCUT2D eigenvalue weighted by Crippen LogP contribution is 2.32. The van der Waals surface area contributed by atoms with Crippen molar-refractivity contribution in [1.29, 1.82) is 0 Å². The molecule has 0 aromatic carbocycles. The van der Waals surface area contributed by atoms with Crippen molar-refractivity contribution in [1.82, 2.24) is 15.5 Å². The lowest BCUT2D eigenvalue weighted by Crippen LogP contribution is -2.50. The lowest BCUT2D eigenvalue weighted by Gasteiger charge is -2.28. The van der Waals surface area contributed by atoms with Crippen LogP contribution in [0.2, 0.25) is 0 Å². The average molecular weight is 364 g/mol. The number of amides is 2. The van der Waals surface area contributed by atoms with E-state index in [1.807, 2.05) is 0 Å². The van der Waals surface area contributed by atoms with Gasteiger partial charge in [0.05, 0.1) is 12.5 Å². The molecule has 2 fully saturated rings. The van der Waals surface area contributed by atoms with Crippen molar-refractivity contribution in [3.05, 3.63) is 24.2 Å². The number of nitrogens with one attached hydrogen (secondary N) is 2. The first-order valence-corrected chi connectivity index (χ1v) is 9.25. The Labute approximate surface area is 153 Å². The zero-order valence-corrected chi connectivity index (χ0v) is 15.1. The minimum absolute atomic E-state index is 0.0390. The Morgan fingerprint density at radius 3 is 2.88 bits per heavy atom. The summed E-state index contributed by atoms with van der Waals surface area (Å²) < 4.78 is 5.00. The van der Waals surface area contributed by atoms with Crippen LogP contribution in [-0.4, -0.2) is 52.2 Å². The van der Waals surface area contributed by atoms with Crippen molar-refractivity contribution in [2.24, 2.45) is 5.73 Å². The molecule has 1 unspecified atom stereocenters. The fraction of sp³-hybridized carbons (Fsp3) is 0.667. The Balaban J connectivity index is 1.59. The summed E-state index contributed by atoms with van der Waals surface area (Å²) in [6.45, 7) is 2.11. The van der Waals surface area contributed by atoms with Gasteiger partial charge in [-0.3, -0.25) is 14.9 Å². The molecule has 2 amide bonds. The van der Waals surface area contributed by atoms with Gasteiger partial charge in [0.15, 0.2) is 0 Å². The summed E-state index contributed by atoms with van der Waals surface area (Å²) in [7, 11) is 0. The van der Waals surface area contributed by atoms with Crippen LogP contribution >= 0.6 is 0 Å². The van der Waals surface area contributed by atoms with Gasteiger partial charge in [0.25, 0.3) is 0 Å². The Morgan fingerprint density at radius 2 is 2.19 bits per heavy atom. The lowest BCUT2D eigenvalue weighted by molar-refractivity contribution is -0.140. The molecule has 0 bridgehead atoms. The number of carbonyl (C=O) groups is 2. The molecule has 26 heavy (non-hydrogen) atoms. The second-order valence-corrected chi connectivity index (χ2v) is 7.35. The largest absolute Gasteiger partial charge is 0.472 e. The highest BCUT2D eigenvalue weighted by molar-refractivity contribution is 5.88. The third-order valence-corrected chi connectivity index (χ3v) is 5.31. The molecule has 0 radical (unpaired) electrons. The molecular weight excluding hydrogens is 336 g/mol. The molecular formula is C18H28N4O4. The summed E-state index contributed by atoms with van der Waals surface area (Å²) in [5, 5.41) is 15.9. The number of aliphatic hydroxyl groups is 1. The van der Waals surface area contributed by atoms with Gasteiger partial charge in [-0.05, 0) is 38.7 Å². The van der Waals surface area contributed by atoms with Crippen molar-refractivity contribution in [3.8, 4) is 0 Å². The Hall–Kier alpha value is -1.90. The molecule has 2 aliphatic heterocycles. The standard InChI is InChI=1S/C18H28N4O4/c1-11(19)17(24)21-13-2-3-14-4-5-15(22(14)16(23)8-13)18(25)20-9-12-6-7-26-10-12/h6-7,10-11,13-15,17,21,24H,2-5,8-9,19H2,1H3,(H,20,25)/t11-,13-,14-,15-,17?/m0/s1. The van der Waals surface area contributed by atoms with E-state index in [2.05, 4.69) is 10.6 Å². The van der Waals surface area contributed by atoms with E-state index in [1.165, 1.54) is 0 Å². The van der Waals surface area contributed by atoms with Gasteiger partial charge in [-0.2, -0.15) is 0 Å². The number of hydrogen-bond acceptors (Lipinski definition) is 6. The van der Waals surface area contributed by atoms with Gasteiger partial charge < -0.3 is 25.5 Å². The Morgan fingerprint density at radius 1 is 1.42 bits per heavy atom. The maximum absolute atomic E-state index is 12.8. The average Bonchev–Trinajstić information content (AvgIpc) is 3.24. The van der Waals surface area contributed by atoms with Crippen LogP contribution in [0.5, 0.6) is 0 Å². The second-order valence-electron chi connectivity index (χ2n) is 7.35. The van der Waals surface area contributed by atoms with Gasteiger partial charge in [-0.25, -0.2) is 0 Å². The van der Waals surface area contributed by atoms with Gasteiger partial charge >= 0.3 is 0 Å². The number of fused-ring (bicyclic) bond motifs is 1. The van der Waals surface area contributed by atoms with Gasteiger partial charge in [-0.1, -0.05) is 0 Å². The first-order valence-electron chi connectivity index (χ1n) is 9.25. The van der Waals surface area contributed by atoms with Crippen LogP contribution in [0, 0.1) is 0 Å². The van der Waals surface area contributed by atoms with Crippen molar-refractivity contribution < 1.29 is 19.1 Å². The predicted molar refractivity (Wildman–Crippen MR) is 94.6 cm³/mol. The molecule has 0 spiro atoms. The number of nitrogens with two attached hydrogens (primary N) is 1. The van der Waals surface area contributed by atoms with Crippen LogP contribution in [-0.2, 0) is 16.1 Å². The molecule has 8 nitrogen and oxygen atoms in total. The van der Waals surface area contributed by atoms with E-state index in [1.54, 1.807) is 30.4 Å². The smallest absolute Gasteiger partial charge is 0.243 e. The van der Waals surface area contributed by atoms with E-state index in [9.17, 15) is 14.7 Å². The molecule has 5 atom stereocenters. The van der Waals surface area contributed by atoms with Crippen LogP contribution in [0.15, 0.2) is 23.0 Å². The summed E-state index contributed by atoms with van der Waals surface area (Å²) in [6, 6.07) is 0.940. The van der Waals surface area contributed by atoms with E-state index in [0.717, 1.165) is 24.8 Å². The van der Waals surface area contributed by atoms with Crippen LogP contribution in [0.1, 0.15) is 44.6 Å². The summed E-state index contributed by atoms with van der Waals surface area (Å²) in [4.78, 5) is 27.1. The minimum atomic E-state index is -0.838. The summed E-state index contributed by atoms with van der Waals surface area (Å²) in [6.07, 6.45) is 5.71. The molecule has 5 N–H and O–H groups in total. The molecule has 144 valence electrons. The molecule has 1 aromatic rings. The third kappa shape index (κ3) is 4.25. The molecule has 8 heteroatoms. The van der Waals surface area contributed by atoms with Crippen LogP contribution in [0.3, 0.4) is 0 Å². The van der Waals surface area contributed by atoms with Gasteiger partial charge in [0, 0.05) is 36.7 Å². The minimum Gasteiger partial charge on any atom is -0.472 e. The second kappa shape index (κ2) is 8.20. The van der Waals surface area contributed by atoms with E-state index < -0.39 is 18.3 Å². The van der Waals surface area contributed by atoms with Gasteiger partial charge in [0.2, 0.25) is 11.8 Å². The number of carbonyl (C=O) groups excluding carboxylic acids is 2. The molecule has 1 aromatic heterocycles. The highest BCUT2D eigenvalue weighted by Gasteiger charge is 2.43. The molecule has 2 saturated heterocycles. The third-order valence-electron chi connectivity index (χ3n) is 5.31. The number of furan rings is 1. The maximum Gasteiger partial charge on any atom is 0.243 e. The monoisotopic (exact) mass is 364 g/mol. The Bertz CT molecular complexity index is 619. The predicted octanol–water partition coefficient (Wildman–Crippen LogP) is 0.0631. The molecule has 0 aliphatic carbocycles. The topological polar surface area (TPSA) is 121 Å². The number of rotatable bonds is 6. The number of nitrogens with zero attached hydrogens (tertiary/aromatic N) is 1. The van der Waals surface area contributed by atoms with Crippen LogP contribution in [0.25, 0.3) is 0 Å². The van der Waals surface area contributed by atoms with E-state index in [-0.39, 0.29) is 30.3 Å². The zero-order valence-electron chi connectivity index (χ0n) is 15.1. The van der Waals surface area contributed by atoms with Crippen molar-refractivity contribution in [3.63, 3.8) is 0 Å². The van der Waals surface area contributed by atoms with E-state index >= 15 is 0 Å². The maximum atomic E-state index is 12.8. The summed E-state index contributed by atoms with van der Waals surface area (Å²) in [5.74, 6) is -0.160. The fourth-order valence-corrected chi connectivity index (χ4v) is 3.85. The number of aliphatic hydroxyl groups excluding tert-OH is 1. The molecule has 3 heterocycles. The lowest BCUT2D eigenvalue weighted by atomic mass is 10.0. The van der Waals surface area contributed by atoms with Crippen LogP contribution in [0.4, 0.5) is 0 Å². The normalized spacial score (nSPS) is 28.3. The molecule has 3 rings (SSSR count). The van der Waals surface area contributed by atoms with E-state index in [4.69, 9.17) is 10.2 Å². The van der Waals surface area contributed by atoms with E-state index in [0.29, 0.717) is 13.0 Å². The van der Waals surface area contributed by atoms with Gasteiger partial charge in [-0.15, -0.1) is 0 Å². The van der Waals surface area contributed by atoms with Crippen molar-refractivity contribution in [2.45, 2.75) is 76.0 Å². The zero-order chi connectivity index (χ0) is 18.7. The first kappa shape index (κ1) is 18.9. The summed E-state index contributed by atoms with van der Waals surface area (Å²) >= 11 is 0. The number of hydrogen-bond donors (Lipinski definition) is 4. The van der Waals surface area contributed by atoms with Gasteiger partial charge in [0.1, 0.15) is 12.3 Å². The summed E-state index contributed by atoms with van der Waals surface area (Å²) in [5.41, 5.74) is 6.58. The molecule has 0 saturated carbocycles. The SMILES string of the molecule is C[C@H](N)C(O)N[C@H]1CC[C@H]2CC[C@@H](C(=O)NCc3ccoc3)N2C(=O)C1. The van der Waals surface area contributed by atoms with Crippen molar-refractivity contribution >= 4 is 11.8 Å². The van der Waals surface area contributed by atoms with Crippen LogP contribution < -0.4 is 16.4 Å². The highest BCUT2D eigenvalue weighted by atomic mass is 16.3. The first-order chi connectivity index (χ1) is 12.5. The fourth-order valence-electron chi connectivity index (χ4n) is 3.85. The Kier molecular flexibility index (Phi) is 5.95. The quantitative estimate of drug-likeness (QED) is 0.530.